The molecule has 0 aliphatic heterocycles. The molecule has 0 saturated heterocycles. The summed E-state index contributed by atoms with van der Waals surface area (Å²) in [5, 5.41) is 8.77. The van der Waals surface area contributed by atoms with Crippen molar-refractivity contribution in [3.63, 3.8) is 0 Å². The monoisotopic (exact) mass is 316 g/mol. The zero-order valence-corrected chi connectivity index (χ0v) is 12.7. The fourth-order valence-corrected chi connectivity index (χ4v) is 2.50. The first-order valence-electron chi connectivity index (χ1n) is 6.41. The van der Waals surface area contributed by atoms with Crippen LogP contribution in [0.3, 0.4) is 0 Å². The molecule has 0 radical (unpaired) electrons. The highest BCUT2D eigenvalue weighted by atomic mass is 32.1. The third kappa shape index (κ3) is 2.82. The van der Waals surface area contributed by atoms with Gasteiger partial charge in [-0.2, -0.15) is 5.10 Å². The van der Waals surface area contributed by atoms with Crippen LogP contribution in [0.4, 0.5) is 5.13 Å². The van der Waals surface area contributed by atoms with Crippen LogP contribution in [0.1, 0.15) is 16.2 Å². The number of rotatable bonds is 3. The first kappa shape index (κ1) is 14.2. The Morgan fingerprint density at radius 2 is 2.14 bits per heavy atom. The Morgan fingerprint density at radius 3 is 2.82 bits per heavy atom. The number of carbonyl (C=O) groups is 1. The predicted octanol–water partition coefficient (Wildman–Crippen LogP) is 2.06. The second-order valence-electron chi connectivity index (χ2n) is 4.58. The van der Waals surface area contributed by atoms with Gasteiger partial charge in [-0.3, -0.25) is 14.9 Å². The molecular weight excluding hydrogens is 304 g/mol. The van der Waals surface area contributed by atoms with Crippen molar-refractivity contribution in [3.8, 4) is 11.5 Å². The van der Waals surface area contributed by atoms with Crippen molar-refractivity contribution in [3.05, 3.63) is 51.5 Å². The van der Waals surface area contributed by atoms with E-state index >= 15 is 0 Å². The SMILES string of the molecule is Cc1ccc(-c2csc(NC(=O)c3ccc(=O)n(C)n3)n2)o1. The molecule has 0 spiro atoms. The summed E-state index contributed by atoms with van der Waals surface area (Å²) in [5.74, 6) is 1.02. The van der Waals surface area contributed by atoms with Crippen molar-refractivity contribution >= 4 is 22.4 Å². The molecule has 3 rings (SSSR count). The minimum Gasteiger partial charge on any atom is -0.460 e. The van der Waals surface area contributed by atoms with E-state index in [1.807, 2.05) is 19.1 Å². The summed E-state index contributed by atoms with van der Waals surface area (Å²) in [6, 6.07) is 6.34. The van der Waals surface area contributed by atoms with Crippen LogP contribution in [-0.4, -0.2) is 20.7 Å². The zero-order valence-electron chi connectivity index (χ0n) is 11.9. The summed E-state index contributed by atoms with van der Waals surface area (Å²) in [4.78, 5) is 27.6. The Hall–Kier alpha value is -2.74. The lowest BCUT2D eigenvalue weighted by Gasteiger charge is -2.02. The summed E-state index contributed by atoms with van der Waals surface area (Å²) in [6.45, 7) is 1.85. The number of thiazole rings is 1. The molecule has 3 aromatic heterocycles. The third-order valence-electron chi connectivity index (χ3n) is 2.91. The molecule has 0 fully saturated rings. The highest BCUT2D eigenvalue weighted by Crippen LogP contribution is 2.26. The fraction of sp³-hybridized carbons (Fsp3) is 0.143. The number of furan rings is 1. The molecule has 112 valence electrons. The number of anilines is 1. The normalized spacial score (nSPS) is 10.6. The number of hydrogen-bond donors (Lipinski definition) is 1. The van der Waals surface area contributed by atoms with Crippen LogP contribution in [0.5, 0.6) is 0 Å². The number of aromatic nitrogens is 3. The summed E-state index contributed by atoms with van der Waals surface area (Å²) < 4.78 is 6.59. The van der Waals surface area contributed by atoms with Gasteiger partial charge in [0.15, 0.2) is 10.9 Å². The van der Waals surface area contributed by atoms with E-state index in [-0.39, 0.29) is 11.3 Å². The summed E-state index contributed by atoms with van der Waals surface area (Å²) in [7, 11) is 1.49. The maximum Gasteiger partial charge on any atom is 0.277 e. The lowest BCUT2D eigenvalue weighted by molar-refractivity contribution is 0.102. The van der Waals surface area contributed by atoms with Crippen molar-refractivity contribution in [2.75, 3.05) is 5.32 Å². The lowest BCUT2D eigenvalue weighted by Crippen LogP contribution is -2.23. The largest absolute Gasteiger partial charge is 0.460 e. The molecule has 22 heavy (non-hydrogen) atoms. The van der Waals surface area contributed by atoms with Gasteiger partial charge in [-0.1, -0.05) is 0 Å². The molecule has 0 bridgehead atoms. The fourth-order valence-electron chi connectivity index (χ4n) is 1.80. The molecule has 0 saturated carbocycles. The molecule has 3 heterocycles. The highest BCUT2D eigenvalue weighted by molar-refractivity contribution is 7.14. The average molecular weight is 316 g/mol. The molecule has 0 atom stereocenters. The number of nitrogens with one attached hydrogen (secondary N) is 1. The second kappa shape index (κ2) is 5.57. The van der Waals surface area contributed by atoms with Gasteiger partial charge in [-0.15, -0.1) is 11.3 Å². The first-order chi connectivity index (χ1) is 10.5. The van der Waals surface area contributed by atoms with Gasteiger partial charge in [-0.25, -0.2) is 9.67 Å². The average Bonchev–Trinajstić information content (AvgIpc) is 3.10. The van der Waals surface area contributed by atoms with Crippen molar-refractivity contribution in [2.24, 2.45) is 7.05 Å². The smallest absolute Gasteiger partial charge is 0.277 e. The minimum absolute atomic E-state index is 0.146. The number of hydrogen-bond acceptors (Lipinski definition) is 6. The highest BCUT2D eigenvalue weighted by Gasteiger charge is 2.13. The van der Waals surface area contributed by atoms with Gasteiger partial charge in [0.25, 0.3) is 11.5 Å². The van der Waals surface area contributed by atoms with Gasteiger partial charge in [0.2, 0.25) is 0 Å². The molecular formula is C14H12N4O3S. The molecule has 0 aromatic carbocycles. The van der Waals surface area contributed by atoms with E-state index in [1.165, 1.54) is 30.5 Å². The van der Waals surface area contributed by atoms with E-state index in [0.29, 0.717) is 16.6 Å². The Kier molecular flexibility index (Phi) is 3.60. The van der Waals surface area contributed by atoms with E-state index in [2.05, 4.69) is 15.4 Å². The maximum absolute atomic E-state index is 12.1. The predicted molar refractivity (Wildman–Crippen MR) is 82.0 cm³/mol. The summed E-state index contributed by atoms with van der Waals surface area (Å²) in [6.07, 6.45) is 0. The quantitative estimate of drug-likeness (QED) is 0.798. The van der Waals surface area contributed by atoms with Gasteiger partial charge in [0, 0.05) is 18.5 Å². The van der Waals surface area contributed by atoms with Gasteiger partial charge in [0.1, 0.15) is 17.1 Å². The van der Waals surface area contributed by atoms with Crippen molar-refractivity contribution in [1.82, 2.24) is 14.8 Å². The molecule has 1 N–H and O–H groups in total. The molecule has 3 aromatic rings. The van der Waals surface area contributed by atoms with Gasteiger partial charge >= 0.3 is 0 Å². The Morgan fingerprint density at radius 1 is 1.32 bits per heavy atom. The van der Waals surface area contributed by atoms with Crippen molar-refractivity contribution in [2.45, 2.75) is 6.92 Å². The number of amides is 1. The van der Waals surface area contributed by atoms with E-state index in [1.54, 1.807) is 5.38 Å². The van der Waals surface area contributed by atoms with Crippen LogP contribution >= 0.6 is 11.3 Å². The standard InChI is InChI=1S/C14H12N4O3S/c1-8-3-5-11(21-8)10-7-22-14(15-10)16-13(20)9-4-6-12(19)18(2)17-9/h3-7H,1-2H3,(H,15,16,20). The van der Waals surface area contributed by atoms with Crippen LogP contribution in [0.2, 0.25) is 0 Å². The van der Waals surface area contributed by atoms with E-state index in [0.717, 1.165) is 10.4 Å². The van der Waals surface area contributed by atoms with Crippen LogP contribution in [-0.2, 0) is 7.05 Å². The van der Waals surface area contributed by atoms with E-state index in [9.17, 15) is 9.59 Å². The first-order valence-corrected chi connectivity index (χ1v) is 7.29. The molecule has 0 unspecified atom stereocenters. The number of aryl methyl sites for hydroxylation is 2. The molecule has 1 amide bonds. The van der Waals surface area contributed by atoms with Crippen LogP contribution in [0, 0.1) is 6.92 Å². The summed E-state index contributed by atoms with van der Waals surface area (Å²) in [5.41, 5.74) is 0.524. The number of nitrogens with zero attached hydrogens (tertiary/aromatic N) is 3. The van der Waals surface area contributed by atoms with Gasteiger partial charge in [-0.05, 0) is 25.1 Å². The Balaban J connectivity index is 1.78. The van der Waals surface area contributed by atoms with Crippen molar-refractivity contribution < 1.29 is 9.21 Å². The van der Waals surface area contributed by atoms with Crippen LogP contribution < -0.4 is 10.9 Å². The number of carbonyl (C=O) groups excluding carboxylic acids is 1. The third-order valence-corrected chi connectivity index (χ3v) is 3.67. The van der Waals surface area contributed by atoms with Crippen LogP contribution in [0.15, 0.2) is 38.9 Å². The molecule has 0 aliphatic rings. The maximum atomic E-state index is 12.1. The molecule has 0 aliphatic carbocycles. The minimum atomic E-state index is -0.424. The van der Waals surface area contributed by atoms with Crippen molar-refractivity contribution in [1.29, 1.82) is 0 Å². The molecule has 7 nitrogen and oxygen atoms in total. The van der Waals surface area contributed by atoms with Gasteiger partial charge in [0.05, 0.1) is 0 Å². The summed E-state index contributed by atoms with van der Waals surface area (Å²) >= 11 is 1.28. The molecule has 8 heteroatoms. The lowest BCUT2D eigenvalue weighted by atomic mass is 10.3. The zero-order chi connectivity index (χ0) is 15.7. The second-order valence-corrected chi connectivity index (χ2v) is 5.44. The topological polar surface area (TPSA) is 90.0 Å². The Bertz CT molecular complexity index is 893. The Labute approximate surface area is 129 Å². The van der Waals surface area contributed by atoms with Gasteiger partial charge < -0.3 is 4.42 Å². The van der Waals surface area contributed by atoms with E-state index in [4.69, 9.17) is 4.42 Å². The van der Waals surface area contributed by atoms with Crippen LogP contribution in [0.25, 0.3) is 11.5 Å². The van der Waals surface area contributed by atoms with E-state index < -0.39 is 5.91 Å².